The number of nitrogens with one attached hydrogen (secondary N) is 2. The summed E-state index contributed by atoms with van der Waals surface area (Å²) in [6.07, 6.45) is 2.24. The zero-order valence-electron chi connectivity index (χ0n) is 21.0. The van der Waals surface area contributed by atoms with E-state index >= 15 is 0 Å². The Bertz CT molecular complexity index is 367. The molecule has 0 saturated heterocycles. The molecule has 0 aromatic rings. The summed E-state index contributed by atoms with van der Waals surface area (Å²) in [6.45, 7) is 12.6. The Hall–Kier alpha value is 0.114. The first-order valence-electron chi connectivity index (χ1n) is 11.2. The van der Waals surface area contributed by atoms with E-state index in [0.29, 0.717) is 0 Å². The van der Waals surface area contributed by atoms with Crippen molar-refractivity contribution in [3.05, 3.63) is 0 Å². The normalized spacial score (nSPS) is 13.0. The lowest BCUT2D eigenvalue weighted by Gasteiger charge is -2.24. The first-order chi connectivity index (χ1) is 14.2. The van der Waals surface area contributed by atoms with Gasteiger partial charge < -0.3 is 38.1 Å². The van der Waals surface area contributed by atoms with Gasteiger partial charge in [-0.25, -0.2) is 0 Å². The topological polar surface area (TPSA) is 67.5 Å². The van der Waals surface area contributed by atoms with Crippen LogP contribution in [0.15, 0.2) is 0 Å². The third-order valence-electron chi connectivity index (χ3n) is 5.89. The van der Waals surface area contributed by atoms with Crippen LogP contribution in [0.25, 0.3) is 0 Å². The van der Waals surface area contributed by atoms with Gasteiger partial charge in [-0.05, 0) is 65.2 Å². The van der Waals surface area contributed by atoms with Crippen LogP contribution in [0.2, 0.25) is 25.2 Å². The number of rotatable bonds is 21. The summed E-state index contributed by atoms with van der Waals surface area (Å²) in [5, 5.41) is 7.03. The summed E-state index contributed by atoms with van der Waals surface area (Å²) in [5.41, 5.74) is 0. The standard InChI is InChI=1S/C20H50N4O4Si2/c1-23(15-9-19-29(7,25-3)26-4)17-13-21-11-12-22-14-18-24(2)16-10-20-30(8,27-5)28-6/h21-22H,9-20H2,1-8H3. The summed E-state index contributed by atoms with van der Waals surface area (Å²) in [7, 11) is 7.58. The molecule has 0 spiro atoms. The number of likely N-dealkylation sites (N-methyl/N-ethyl adjacent to an activating group) is 2. The maximum absolute atomic E-state index is 5.54. The highest BCUT2D eigenvalue weighted by Gasteiger charge is 2.28. The molecule has 0 fully saturated rings. The molecule has 0 heterocycles. The van der Waals surface area contributed by atoms with Gasteiger partial charge in [0.1, 0.15) is 0 Å². The SMILES string of the molecule is CO[Si](C)(CCCN(C)CCNCCNCCN(C)CCC[Si](C)(OC)OC)OC. The van der Waals surface area contributed by atoms with Crippen LogP contribution in [0.3, 0.4) is 0 Å². The van der Waals surface area contributed by atoms with Crippen molar-refractivity contribution in [2.24, 2.45) is 0 Å². The zero-order chi connectivity index (χ0) is 22.9. The second-order valence-electron chi connectivity index (χ2n) is 8.40. The molecule has 0 aliphatic carbocycles. The Morgan fingerprint density at radius 2 is 0.900 bits per heavy atom. The minimum absolute atomic E-state index is 1.00. The highest BCUT2D eigenvalue weighted by atomic mass is 28.4. The van der Waals surface area contributed by atoms with Crippen molar-refractivity contribution in [2.45, 2.75) is 38.0 Å². The molecule has 0 bridgehead atoms. The first kappa shape index (κ1) is 30.1. The fourth-order valence-corrected chi connectivity index (χ4v) is 5.86. The van der Waals surface area contributed by atoms with Gasteiger partial charge in [0.15, 0.2) is 0 Å². The molecule has 0 aromatic carbocycles. The number of hydrogen-bond acceptors (Lipinski definition) is 8. The van der Waals surface area contributed by atoms with E-state index in [1.54, 1.807) is 28.4 Å². The molecule has 2 N–H and O–H groups in total. The van der Waals surface area contributed by atoms with E-state index in [1.165, 1.54) is 0 Å². The Morgan fingerprint density at radius 1 is 0.567 bits per heavy atom. The molecule has 0 aliphatic heterocycles. The molecule has 0 radical (unpaired) electrons. The highest BCUT2D eigenvalue weighted by molar-refractivity contribution is 6.66. The van der Waals surface area contributed by atoms with Gasteiger partial charge in [0, 0.05) is 67.7 Å². The smallest absolute Gasteiger partial charge is 0.334 e. The zero-order valence-corrected chi connectivity index (χ0v) is 23.0. The van der Waals surface area contributed by atoms with Gasteiger partial charge in [-0.3, -0.25) is 0 Å². The predicted octanol–water partition coefficient (Wildman–Crippen LogP) is 1.54. The maximum atomic E-state index is 5.54. The molecule has 30 heavy (non-hydrogen) atoms. The fraction of sp³-hybridized carbons (Fsp3) is 1.00. The molecule has 0 amide bonds. The summed E-state index contributed by atoms with van der Waals surface area (Å²) < 4.78 is 22.2. The average molecular weight is 467 g/mol. The Balaban J connectivity index is 3.54. The van der Waals surface area contributed by atoms with E-state index in [-0.39, 0.29) is 0 Å². The van der Waals surface area contributed by atoms with Crippen molar-refractivity contribution in [1.82, 2.24) is 20.4 Å². The molecule has 10 heteroatoms. The molecule has 8 nitrogen and oxygen atoms in total. The van der Waals surface area contributed by atoms with E-state index < -0.39 is 17.1 Å². The molecular formula is C20H50N4O4Si2. The van der Waals surface area contributed by atoms with Crippen LogP contribution in [0, 0.1) is 0 Å². The lowest BCUT2D eigenvalue weighted by molar-refractivity contribution is 0.243. The summed E-state index contributed by atoms with van der Waals surface area (Å²) in [5.74, 6) is 0. The van der Waals surface area contributed by atoms with E-state index in [2.05, 4.69) is 47.6 Å². The largest absolute Gasteiger partial charge is 0.398 e. The van der Waals surface area contributed by atoms with Gasteiger partial charge >= 0.3 is 17.1 Å². The van der Waals surface area contributed by atoms with Crippen molar-refractivity contribution < 1.29 is 17.7 Å². The molecule has 0 saturated carbocycles. The Kier molecular flexibility index (Phi) is 17.7. The van der Waals surface area contributed by atoms with Crippen molar-refractivity contribution in [3.8, 4) is 0 Å². The van der Waals surface area contributed by atoms with E-state index in [0.717, 1.165) is 77.3 Å². The molecular weight excluding hydrogens is 416 g/mol. The quantitative estimate of drug-likeness (QED) is 0.195. The van der Waals surface area contributed by atoms with Gasteiger partial charge in [-0.15, -0.1) is 0 Å². The molecule has 0 aromatic heterocycles. The molecule has 0 atom stereocenters. The van der Waals surface area contributed by atoms with Crippen molar-refractivity contribution in [1.29, 1.82) is 0 Å². The fourth-order valence-electron chi connectivity index (χ4n) is 3.11. The van der Waals surface area contributed by atoms with Crippen molar-refractivity contribution in [3.63, 3.8) is 0 Å². The minimum Gasteiger partial charge on any atom is -0.398 e. The molecule has 0 unspecified atom stereocenters. The molecule has 182 valence electrons. The second-order valence-corrected chi connectivity index (χ2v) is 15.6. The van der Waals surface area contributed by atoms with Gasteiger partial charge in [0.2, 0.25) is 0 Å². The summed E-state index contributed by atoms with van der Waals surface area (Å²) >= 11 is 0. The Labute approximate surface area is 188 Å². The number of nitrogens with zero attached hydrogens (tertiary/aromatic N) is 2. The van der Waals surface area contributed by atoms with Crippen LogP contribution in [0.5, 0.6) is 0 Å². The van der Waals surface area contributed by atoms with Crippen LogP contribution in [-0.2, 0) is 17.7 Å². The van der Waals surface area contributed by atoms with Gasteiger partial charge in [0.25, 0.3) is 0 Å². The lowest BCUT2D eigenvalue weighted by atomic mass is 10.4. The van der Waals surface area contributed by atoms with Crippen molar-refractivity contribution >= 4 is 17.1 Å². The van der Waals surface area contributed by atoms with E-state index in [9.17, 15) is 0 Å². The lowest BCUT2D eigenvalue weighted by Crippen LogP contribution is -2.38. The second kappa shape index (κ2) is 17.6. The first-order valence-corrected chi connectivity index (χ1v) is 16.3. The molecule has 0 rings (SSSR count). The summed E-state index contributed by atoms with van der Waals surface area (Å²) in [4.78, 5) is 4.74. The number of hydrogen-bond donors (Lipinski definition) is 2. The highest BCUT2D eigenvalue weighted by Crippen LogP contribution is 2.14. The van der Waals surface area contributed by atoms with Crippen LogP contribution in [-0.4, -0.2) is 122 Å². The van der Waals surface area contributed by atoms with Crippen LogP contribution >= 0.6 is 0 Å². The maximum Gasteiger partial charge on any atom is 0.334 e. The predicted molar refractivity (Wildman–Crippen MR) is 131 cm³/mol. The van der Waals surface area contributed by atoms with Gasteiger partial charge in [-0.2, -0.15) is 0 Å². The van der Waals surface area contributed by atoms with E-state index in [1.807, 2.05) is 0 Å². The summed E-state index contributed by atoms with van der Waals surface area (Å²) in [6, 6.07) is 2.08. The van der Waals surface area contributed by atoms with Crippen LogP contribution in [0.1, 0.15) is 12.8 Å². The van der Waals surface area contributed by atoms with Crippen LogP contribution < -0.4 is 10.6 Å². The van der Waals surface area contributed by atoms with E-state index in [4.69, 9.17) is 17.7 Å². The Morgan fingerprint density at radius 3 is 1.20 bits per heavy atom. The molecule has 0 aliphatic rings. The van der Waals surface area contributed by atoms with Crippen molar-refractivity contribution in [2.75, 3.05) is 94.9 Å². The third kappa shape index (κ3) is 15.0. The minimum atomic E-state index is -1.91. The van der Waals surface area contributed by atoms with Crippen LogP contribution in [0.4, 0.5) is 0 Å². The average Bonchev–Trinajstić information content (AvgIpc) is 2.75. The van der Waals surface area contributed by atoms with Gasteiger partial charge in [0.05, 0.1) is 0 Å². The monoisotopic (exact) mass is 466 g/mol. The third-order valence-corrected chi connectivity index (χ3v) is 11.9. The van der Waals surface area contributed by atoms with Gasteiger partial charge in [-0.1, -0.05) is 0 Å².